The second kappa shape index (κ2) is 5.58. The Balaban J connectivity index is 2.48. The van der Waals surface area contributed by atoms with Crippen molar-refractivity contribution in [3.05, 3.63) is 54.5 Å². The van der Waals surface area contributed by atoms with E-state index < -0.39 is 0 Å². The lowest BCUT2D eigenvalue weighted by Crippen LogP contribution is -2.31. The van der Waals surface area contributed by atoms with Crippen LogP contribution in [0.1, 0.15) is 16.1 Å². The van der Waals surface area contributed by atoms with Crippen LogP contribution in [0.4, 0.5) is 0 Å². The molecule has 2 aromatic heterocycles. The number of halogens is 1. The van der Waals surface area contributed by atoms with Gasteiger partial charge in [-0.3, -0.25) is 4.79 Å². The molecule has 2 rings (SSSR count). The second-order valence-electron chi connectivity index (χ2n) is 3.97. The predicted molar refractivity (Wildman–Crippen MR) is 79.1 cm³/mol. The molecule has 5 nitrogen and oxygen atoms in total. The van der Waals surface area contributed by atoms with E-state index in [4.69, 9.17) is 10.9 Å². The van der Waals surface area contributed by atoms with Gasteiger partial charge in [0.1, 0.15) is 0 Å². The quantitative estimate of drug-likeness (QED) is 0.388. The van der Waals surface area contributed by atoms with Crippen LogP contribution in [0.25, 0.3) is 0 Å². The Morgan fingerprint density at radius 3 is 2.79 bits per heavy atom. The molecule has 0 fully saturated rings. The molecule has 3 N–H and O–H groups in total. The van der Waals surface area contributed by atoms with Crippen molar-refractivity contribution in [1.82, 2.24) is 4.57 Å². The van der Waals surface area contributed by atoms with Crippen LogP contribution in [-0.4, -0.2) is 15.6 Å². The Bertz CT molecular complexity index is 691. The second-order valence-corrected chi connectivity index (χ2v) is 6.52. The van der Waals surface area contributed by atoms with E-state index in [0.717, 1.165) is 14.4 Å². The lowest BCUT2D eigenvalue weighted by atomic mass is 10.2. The highest BCUT2D eigenvalue weighted by Crippen LogP contribution is 2.22. The molecule has 0 saturated carbocycles. The summed E-state index contributed by atoms with van der Waals surface area (Å²) in [5, 5.41) is 11.6. The molecule has 0 aliphatic heterocycles. The fraction of sp³-hybridized carbons (Fsp3) is 0.167. The van der Waals surface area contributed by atoms with Crippen LogP contribution in [0, 0.1) is 6.92 Å². The van der Waals surface area contributed by atoms with Crippen LogP contribution in [-0.2, 0) is 6.54 Å². The third-order valence-electron chi connectivity index (χ3n) is 2.72. The fourth-order valence-corrected chi connectivity index (χ4v) is 3.18. The van der Waals surface area contributed by atoms with Gasteiger partial charge in [-0.15, -0.1) is 11.3 Å². The Labute approximate surface area is 122 Å². The van der Waals surface area contributed by atoms with Crippen LogP contribution in [0.2, 0.25) is 0 Å². The Kier molecular flexibility index (Phi) is 4.06. The fourth-order valence-electron chi connectivity index (χ4n) is 1.71. The first-order chi connectivity index (χ1) is 9.02. The largest absolute Gasteiger partial charge is 0.409 e. The van der Waals surface area contributed by atoms with Crippen LogP contribution >= 0.6 is 27.3 Å². The van der Waals surface area contributed by atoms with Gasteiger partial charge in [0.2, 0.25) is 0 Å². The molecule has 0 aliphatic carbocycles. The van der Waals surface area contributed by atoms with Crippen molar-refractivity contribution >= 4 is 33.1 Å². The predicted octanol–water partition coefficient (Wildman–Crippen LogP) is 2.12. The van der Waals surface area contributed by atoms with Gasteiger partial charge >= 0.3 is 0 Å². The Morgan fingerprint density at radius 1 is 1.47 bits per heavy atom. The molecule has 0 atom stereocenters. The van der Waals surface area contributed by atoms with E-state index in [9.17, 15) is 4.79 Å². The van der Waals surface area contributed by atoms with Crippen LogP contribution in [0.15, 0.2) is 38.0 Å². The highest BCUT2D eigenvalue weighted by atomic mass is 79.9. The van der Waals surface area contributed by atoms with Gasteiger partial charge in [0, 0.05) is 10.6 Å². The van der Waals surface area contributed by atoms with Crippen LogP contribution in [0.5, 0.6) is 0 Å². The van der Waals surface area contributed by atoms with Gasteiger partial charge in [0.15, 0.2) is 5.84 Å². The summed E-state index contributed by atoms with van der Waals surface area (Å²) in [6.45, 7) is 2.31. The lowest BCUT2D eigenvalue weighted by molar-refractivity contribution is 0.318. The van der Waals surface area contributed by atoms with Crippen molar-refractivity contribution < 1.29 is 5.21 Å². The first-order valence-electron chi connectivity index (χ1n) is 5.45. The SMILES string of the molecule is Cc1ccc(/C(N)=N/O)c(=O)n1Cc1ccc(Br)s1. The van der Waals surface area contributed by atoms with E-state index in [2.05, 4.69) is 21.1 Å². The number of rotatable bonds is 3. The van der Waals surface area contributed by atoms with Crippen molar-refractivity contribution in [1.29, 1.82) is 0 Å². The van der Waals surface area contributed by atoms with Gasteiger partial charge < -0.3 is 15.5 Å². The molecule has 0 spiro atoms. The minimum atomic E-state index is -0.264. The minimum Gasteiger partial charge on any atom is -0.409 e. The number of hydrogen-bond donors (Lipinski definition) is 2. The topological polar surface area (TPSA) is 80.6 Å². The number of oxime groups is 1. The number of aromatic nitrogens is 1. The van der Waals surface area contributed by atoms with Crippen LogP contribution in [0.3, 0.4) is 0 Å². The number of hydrogen-bond acceptors (Lipinski definition) is 4. The Hall–Kier alpha value is -1.60. The average molecular weight is 342 g/mol. The van der Waals surface area contributed by atoms with Gasteiger partial charge in [0.05, 0.1) is 15.9 Å². The highest BCUT2D eigenvalue weighted by molar-refractivity contribution is 9.11. The average Bonchev–Trinajstić information content (AvgIpc) is 2.79. The molecule has 0 radical (unpaired) electrons. The molecule has 0 saturated heterocycles. The summed E-state index contributed by atoms with van der Waals surface area (Å²) in [5.41, 5.74) is 6.25. The summed E-state index contributed by atoms with van der Waals surface area (Å²) in [6.07, 6.45) is 0. The molecule has 0 unspecified atom stereocenters. The molecule has 2 heterocycles. The minimum absolute atomic E-state index is 0.175. The summed E-state index contributed by atoms with van der Waals surface area (Å²) in [7, 11) is 0. The smallest absolute Gasteiger partial charge is 0.262 e. The molecule has 0 aromatic carbocycles. The van der Waals surface area contributed by atoms with Gasteiger partial charge in [-0.2, -0.15) is 0 Å². The summed E-state index contributed by atoms with van der Waals surface area (Å²) in [4.78, 5) is 13.3. The van der Waals surface area contributed by atoms with Crippen molar-refractivity contribution in [2.24, 2.45) is 10.9 Å². The number of thiophene rings is 1. The third kappa shape index (κ3) is 2.87. The number of amidine groups is 1. The van der Waals surface area contributed by atoms with Gasteiger partial charge in [0.25, 0.3) is 5.56 Å². The standard InChI is InChI=1S/C12H12BrN3O2S/c1-7-2-4-9(11(14)15-18)12(17)16(7)6-8-3-5-10(13)19-8/h2-5,18H,6H2,1H3,(H2,14,15). The van der Waals surface area contributed by atoms with Gasteiger partial charge in [-0.1, -0.05) is 5.16 Å². The van der Waals surface area contributed by atoms with E-state index in [1.807, 2.05) is 19.1 Å². The third-order valence-corrected chi connectivity index (χ3v) is 4.33. The maximum absolute atomic E-state index is 12.3. The number of nitrogens with two attached hydrogens (primary N) is 1. The zero-order valence-corrected chi connectivity index (χ0v) is 12.5. The molecule has 7 heteroatoms. The van der Waals surface area contributed by atoms with Crippen molar-refractivity contribution in [3.63, 3.8) is 0 Å². The van der Waals surface area contributed by atoms with Crippen molar-refractivity contribution in [3.8, 4) is 0 Å². The summed E-state index contributed by atoms with van der Waals surface area (Å²) < 4.78 is 2.62. The molecule has 0 amide bonds. The van der Waals surface area contributed by atoms with E-state index in [0.29, 0.717) is 6.54 Å². The maximum Gasteiger partial charge on any atom is 0.262 e. The molecule has 2 aromatic rings. The summed E-state index contributed by atoms with van der Waals surface area (Å²) in [5.74, 6) is -0.175. The summed E-state index contributed by atoms with van der Waals surface area (Å²) >= 11 is 4.96. The zero-order valence-electron chi connectivity index (χ0n) is 10.1. The van der Waals surface area contributed by atoms with E-state index in [1.165, 1.54) is 0 Å². The number of aryl methyl sites for hydroxylation is 1. The van der Waals surface area contributed by atoms with E-state index >= 15 is 0 Å². The normalized spacial score (nSPS) is 11.8. The molecule has 19 heavy (non-hydrogen) atoms. The van der Waals surface area contributed by atoms with Gasteiger partial charge in [-0.25, -0.2) is 0 Å². The number of nitrogens with zero attached hydrogens (tertiary/aromatic N) is 2. The number of pyridine rings is 1. The van der Waals surface area contributed by atoms with E-state index in [-0.39, 0.29) is 17.0 Å². The molecular weight excluding hydrogens is 330 g/mol. The van der Waals surface area contributed by atoms with Gasteiger partial charge in [-0.05, 0) is 47.1 Å². The summed E-state index contributed by atoms with van der Waals surface area (Å²) in [6, 6.07) is 7.23. The highest BCUT2D eigenvalue weighted by Gasteiger charge is 2.11. The molecular formula is C12H12BrN3O2S. The molecule has 0 bridgehead atoms. The van der Waals surface area contributed by atoms with E-state index in [1.54, 1.807) is 28.0 Å². The van der Waals surface area contributed by atoms with Crippen LogP contribution < -0.4 is 11.3 Å². The maximum atomic E-state index is 12.3. The lowest BCUT2D eigenvalue weighted by Gasteiger charge is -2.10. The first-order valence-corrected chi connectivity index (χ1v) is 7.06. The van der Waals surface area contributed by atoms with Crippen molar-refractivity contribution in [2.45, 2.75) is 13.5 Å². The molecule has 100 valence electrons. The Morgan fingerprint density at radius 2 is 2.21 bits per heavy atom. The zero-order chi connectivity index (χ0) is 14.0. The molecule has 0 aliphatic rings. The first kappa shape index (κ1) is 13.8. The monoisotopic (exact) mass is 341 g/mol. The van der Waals surface area contributed by atoms with Crippen molar-refractivity contribution in [2.75, 3.05) is 0 Å².